The van der Waals surface area contributed by atoms with Gasteiger partial charge in [-0.1, -0.05) is 6.07 Å². The summed E-state index contributed by atoms with van der Waals surface area (Å²) >= 11 is 0. The normalized spacial score (nSPS) is 24.1. The lowest BCUT2D eigenvalue weighted by Crippen LogP contribution is -2.49. The quantitative estimate of drug-likeness (QED) is 0.672. The van der Waals surface area contributed by atoms with Crippen molar-refractivity contribution in [2.45, 2.75) is 6.29 Å². The van der Waals surface area contributed by atoms with E-state index in [1.807, 2.05) is 18.2 Å². The van der Waals surface area contributed by atoms with Crippen LogP contribution in [0.15, 0.2) is 18.2 Å². The van der Waals surface area contributed by atoms with E-state index in [0.717, 1.165) is 31.9 Å². The van der Waals surface area contributed by atoms with Crippen molar-refractivity contribution in [2.24, 2.45) is 5.84 Å². The van der Waals surface area contributed by atoms with E-state index in [0.29, 0.717) is 11.5 Å². The molecule has 1 aromatic rings. The smallest absolute Gasteiger partial charge is 0.232 e. The number of fused-ring (bicyclic) bond motifs is 1. The molecule has 98 valence electrons. The predicted molar refractivity (Wildman–Crippen MR) is 66.5 cm³/mol. The molecule has 2 heterocycles. The molecule has 0 aliphatic carbocycles. The molecule has 1 aromatic carbocycles. The Labute approximate surface area is 105 Å². The van der Waals surface area contributed by atoms with Crippen molar-refractivity contribution in [3.8, 4) is 11.5 Å². The monoisotopic (exact) mass is 251 g/mol. The number of aliphatic hydroxyl groups excluding tert-OH is 1. The second-order valence-electron chi connectivity index (χ2n) is 4.51. The largest absolute Gasteiger partial charge is 0.483 e. The zero-order valence-corrected chi connectivity index (χ0v) is 10.1. The number of nitrogens with zero attached hydrogens (tertiary/aromatic N) is 2. The Morgan fingerprint density at radius 1 is 1.22 bits per heavy atom. The molecule has 1 saturated heterocycles. The SMILES string of the molecule is NN1CCN(c2cccc3c2OC(O)CO3)CC1. The van der Waals surface area contributed by atoms with Gasteiger partial charge >= 0.3 is 0 Å². The molecule has 0 aromatic heterocycles. The third-order valence-electron chi connectivity index (χ3n) is 3.25. The van der Waals surface area contributed by atoms with Crippen LogP contribution in [-0.2, 0) is 0 Å². The van der Waals surface area contributed by atoms with Gasteiger partial charge in [0.05, 0.1) is 5.69 Å². The van der Waals surface area contributed by atoms with Crippen LogP contribution in [0.1, 0.15) is 0 Å². The van der Waals surface area contributed by atoms with Crippen molar-refractivity contribution in [3.05, 3.63) is 18.2 Å². The Kier molecular flexibility index (Phi) is 2.99. The van der Waals surface area contributed by atoms with Gasteiger partial charge < -0.3 is 19.5 Å². The van der Waals surface area contributed by atoms with Gasteiger partial charge in [0.2, 0.25) is 6.29 Å². The van der Waals surface area contributed by atoms with Gasteiger partial charge in [0.25, 0.3) is 0 Å². The number of rotatable bonds is 1. The van der Waals surface area contributed by atoms with Crippen LogP contribution in [-0.4, -0.2) is 49.2 Å². The van der Waals surface area contributed by atoms with E-state index in [4.69, 9.17) is 15.3 Å². The molecule has 0 bridgehead atoms. The van der Waals surface area contributed by atoms with Crippen LogP contribution in [0.5, 0.6) is 11.5 Å². The number of piperazine rings is 1. The Morgan fingerprint density at radius 3 is 2.78 bits per heavy atom. The maximum atomic E-state index is 9.53. The summed E-state index contributed by atoms with van der Waals surface area (Å²) in [6.45, 7) is 3.48. The van der Waals surface area contributed by atoms with E-state index in [-0.39, 0.29) is 6.61 Å². The maximum absolute atomic E-state index is 9.53. The predicted octanol–water partition coefficient (Wildman–Crippen LogP) is -0.228. The fraction of sp³-hybridized carbons (Fsp3) is 0.500. The molecule has 1 atom stereocenters. The van der Waals surface area contributed by atoms with E-state index >= 15 is 0 Å². The molecule has 1 unspecified atom stereocenters. The summed E-state index contributed by atoms with van der Waals surface area (Å²) in [7, 11) is 0. The van der Waals surface area contributed by atoms with Gasteiger partial charge in [-0.25, -0.2) is 5.01 Å². The van der Waals surface area contributed by atoms with E-state index < -0.39 is 6.29 Å². The van der Waals surface area contributed by atoms with E-state index in [1.54, 1.807) is 5.01 Å². The van der Waals surface area contributed by atoms with Crippen molar-refractivity contribution < 1.29 is 14.6 Å². The van der Waals surface area contributed by atoms with E-state index in [9.17, 15) is 5.11 Å². The summed E-state index contributed by atoms with van der Waals surface area (Å²) in [6, 6.07) is 5.76. The maximum Gasteiger partial charge on any atom is 0.232 e. The molecule has 6 heteroatoms. The van der Waals surface area contributed by atoms with Gasteiger partial charge in [-0.3, -0.25) is 5.84 Å². The lowest BCUT2D eigenvalue weighted by Gasteiger charge is -2.36. The molecule has 3 N–H and O–H groups in total. The van der Waals surface area contributed by atoms with Gasteiger partial charge in [-0.2, -0.15) is 0 Å². The number of anilines is 1. The Bertz CT molecular complexity index is 433. The van der Waals surface area contributed by atoms with Crippen LogP contribution in [0, 0.1) is 0 Å². The number of ether oxygens (including phenoxy) is 2. The second-order valence-corrected chi connectivity index (χ2v) is 4.51. The summed E-state index contributed by atoms with van der Waals surface area (Å²) in [5, 5.41) is 11.3. The minimum Gasteiger partial charge on any atom is -0.483 e. The number of aliphatic hydroxyl groups is 1. The molecule has 2 aliphatic heterocycles. The minimum atomic E-state index is -0.894. The highest BCUT2D eigenvalue weighted by molar-refractivity contribution is 5.65. The van der Waals surface area contributed by atoms with E-state index in [2.05, 4.69) is 4.90 Å². The van der Waals surface area contributed by atoms with Crippen molar-refractivity contribution in [3.63, 3.8) is 0 Å². The van der Waals surface area contributed by atoms with Gasteiger partial charge in [-0.15, -0.1) is 0 Å². The molecular formula is C12H17N3O3. The topological polar surface area (TPSA) is 71.2 Å². The molecule has 6 nitrogen and oxygen atoms in total. The lowest BCUT2D eigenvalue weighted by atomic mass is 10.2. The molecule has 1 fully saturated rings. The first-order valence-corrected chi connectivity index (χ1v) is 6.09. The number of nitrogens with two attached hydrogens (primary N) is 1. The molecule has 18 heavy (non-hydrogen) atoms. The van der Waals surface area contributed by atoms with Crippen molar-refractivity contribution in [2.75, 3.05) is 37.7 Å². The highest BCUT2D eigenvalue weighted by atomic mass is 16.7. The van der Waals surface area contributed by atoms with Gasteiger partial charge in [0.15, 0.2) is 18.1 Å². The van der Waals surface area contributed by atoms with Crippen LogP contribution in [0.3, 0.4) is 0 Å². The first-order chi connectivity index (χ1) is 8.74. The summed E-state index contributed by atoms with van der Waals surface area (Å²) in [5.74, 6) is 7.06. The van der Waals surface area contributed by atoms with Crippen LogP contribution < -0.4 is 20.2 Å². The van der Waals surface area contributed by atoms with Crippen molar-refractivity contribution in [1.29, 1.82) is 0 Å². The van der Waals surface area contributed by atoms with Crippen LogP contribution >= 0.6 is 0 Å². The Balaban J connectivity index is 1.88. The molecule has 0 spiro atoms. The second kappa shape index (κ2) is 4.64. The van der Waals surface area contributed by atoms with Crippen LogP contribution in [0.4, 0.5) is 5.69 Å². The highest BCUT2D eigenvalue weighted by Crippen LogP contribution is 2.40. The zero-order chi connectivity index (χ0) is 12.5. The Hall–Kier alpha value is -1.50. The number of benzene rings is 1. The third kappa shape index (κ3) is 2.10. The highest BCUT2D eigenvalue weighted by Gasteiger charge is 2.25. The molecular weight excluding hydrogens is 234 g/mol. The van der Waals surface area contributed by atoms with Crippen LogP contribution in [0.2, 0.25) is 0 Å². The average Bonchev–Trinajstić information content (AvgIpc) is 2.39. The molecule has 3 rings (SSSR count). The molecule has 2 aliphatic rings. The number of hydrogen-bond acceptors (Lipinski definition) is 6. The summed E-state index contributed by atoms with van der Waals surface area (Å²) in [4.78, 5) is 2.20. The first kappa shape index (κ1) is 11.6. The average molecular weight is 251 g/mol. The summed E-state index contributed by atoms with van der Waals surface area (Å²) in [5.41, 5.74) is 0.958. The number of hydrazine groups is 1. The van der Waals surface area contributed by atoms with Crippen molar-refractivity contribution >= 4 is 5.69 Å². The minimum absolute atomic E-state index is 0.174. The summed E-state index contributed by atoms with van der Waals surface area (Å²) in [6.07, 6.45) is -0.894. The first-order valence-electron chi connectivity index (χ1n) is 6.09. The number of para-hydroxylation sites is 1. The molecule has 0 amide bonds. The van der Waals surface area contributed by atoms with Gasteiger partial charge in [0, 0.05) is 26.2 Å². The number of hydrogen-bond donors (Lipinski definition) is 2. The summed E-state index contributed by atoms with van der Waals surface area (Å²) < 4.78 is 10.9. The molecule has 0 saturated carbocycles. The Morgan fingerprint density at radius 2 is 2.00 bits per heavy atom. The van der Waals surface area contributed by atoms with Gasteiger partial charge in [-0.05, 0) is 12.1 Å². The standard InChI is InChI=1S/C12H17N3O3/c13-15-6-4-14(5-7-15)9-2-1-3-10-12(9)18-11(16)8-17-10/h1-3,11,16H,4-8,13H2. The van der Waals surface area contributed by atoms with E-state index in [1.165, 1.54) is 0 Å². The third-order valence-corrected chi connectivity index (χ3v) is 3.25. The van der Waals surface area contributed by atoms with Crippen LogP contribution in [0.25, 0.3) is 0 Å². The fourth-order valence-corrected chi connectivity index (χ4v) is 2.28. The molecule has 0 radical (unpaired) electrons. The van der Waals surface area contributed by atoms with Crippen molar-refractivity contribution in [1.82, 2.24) is 5.01 Å². The van der Waals surface area contributed by atoms with Gasteiger partial charge in [0.1, 0.15) is 0 Å². The zero-order valence-electron chi connectivity index (χ0n) is 10.1. The fourth-order valence-electron chi connectivity index (χ4n) is 2.28. The lowest BCUT2D eigenvalue weighted by molar-refractivity contribution is -0.0666.